The second kappa shape index (κ2) is 12.5. The zero-order chi connectivity index (χ0) is 29.9. The molecule has 0 aromatic heterocycles. The molecule has 3 unspecified atom stereocenters. The maximum atomic E-state index is 13.5. The van der Waals surface area contributed by atoms with Crippen LogP contribution in [0.4, 0.5) is 11.4 Å². The molecule has 3 atom stereocenters. The van der Waals surface area contributed by atoms with Gasteiger partial charge in [0.1, 0.15) is 5.37 Å². The van der Waals surface area contributed by atoms with E-state index in [4.69, 9.17) is 27.9 Å². The number of sulfonamides is 1. The molecule has 3 aromatic rings. The molecule has 1 amide bonds. The van der Waals surface area contributed by atoms with Crippen LogP contribution in [0.25, 0.3) is 0 Å². The lowest BCUT2D eigenvalue weighted by atomic mass is 10.1. The van der Waals surface area contributed by atoms with E-state index in [0.717, 1.165) is 0 Å². The molecule has 1 heterocycles. The highest BCUT2D eigenvalue weighted by Crippen LogP contribution is 2.27. The summed E-state index contributed by atoms with van der Waals surface area (Å²) in [6, 6.07) is 15.4. The molecule has 0 saturated carbocycles. The van der Waals surface area contributed by atoms with Crippen molar-refractivity contribution < 1.29 is 26.4 Å². The number of benzene rings is 3. The molecule has 4 rings (SSSR count). The van der Waals surface area contributed by atoms with Gasteiger partial charge in [-0.3, -0.25) is 14.4 Å². The van der Waals surface area contributed by atoms with Crippen molar-refractivity contribution in [3.05, 3.63) is 95.0 Å². The lowest BCUT2D eigenvalue weighted by molar-refractivity contribution is -0.0682. The fraction of sp³-hybridized carbons (Fsp3) is 0.250. The number of hydrogen-bond acceptors (Lipinski definition) is 7. The zero-order valence-electron chi connectivity index (χ0n) is 22.3. The first kappa shape index (κ1) is 31.0. The van der Waals surface area contributed by atoms with Crippen LogP contribution in [0.3, 0.4) is 0 Å². The fourth-order valence-corrected chi connectivity index (χ4v) is 7.56. The van der Waals surface area contributed by atoms with E-state index in [1.165, 1.54) is 72.8 Å². The van der Waals surface area contributed by atoms with Gasteiger partial charge in [-0.15, -0.1) is 6.58 Å². The molecule has 3 aromatic carbocycles. The minimum absolute atomic E-state index is 0.00356. The van der Waals surface area contributed by atoms with Crippen molar-refractivity contribution in [1.29, 1.82) is 0 Å². The Kier molecular flexibility index (Phi) is 9.47. The van der Waals surface area contributed by atoms with Gasteiger partial charge in [-0.05, 0) is 80.6 Å². The predicted molar refractivity (Wildman–Crippen MR) is 161 cm³/mol. The third-order valence-corrected chi connectivity index (χ3v) is 10.3. The average Bonchev–Trinajstić information content (AvgIpc) is 2.90. The lowest BCUT2D eigenvalue weighted by Gasteiger charge is -2.38. The third-order valence-electron chi connectivity index (χ3n) is 6.36. The number of amides is 1. The minimum Gasteiger partial charge on any atom is -0.373 e. The Morgan fingerprint density at radius 2 is 1.49 bits per heavy atom. The van der Waals surface area contributed by atoms with Gasteiger partial charge >= 0.3 is 0 Å². The summed E-state index contributed by atoms with van der Waals surface area (Å²) in [4.78, 5) is 15.0. The Labute approximate surface area is 250 Å². The second-order valence-electron chi connectivity index (χ2n) is 9.61. The third kappa shape index (κ3) is 7.29. The maximum absolute atomic E-state index is 13.5. The molecule has 1 fully saturated rings. The molecule has 41 heavy (non-hydrogen) atoms. The molecule has 1 aliphatic rings. The van der Waals surface area contributed by atoms with Crippen molar-refractivity contribution in [1.82, 2.24) is 4.90 Å². The van der Waals surface area contributed by atoms with Crippen LogP contribution < -0.4 is 10.0 Å². The van der Waals surface area contributed by atoms with E-state index in [1.54, 1.807) is 0 Å². The van der Waals surface area contributed by atoms with Gasteiger partial charge in [-0.25, -0.2) is 16.8 Å². The molecule has 0 aliphatic carbocycles. The summed E-state index contributed by atoms with van der Waals surface area (Å²) in [5, 5.41) is 2.31. The number of morpholine rings is 1. The number of halogens is 2. The Morgan fingerprint density at radius 1 is 0.927 bits per heavy atom. The van der Waals surface area contributed by atoms with E-state index >= 15 is 0 Å². The number of hydrogen-bond donors (Lipinski definition) is 2. The summed E-state index contributed by atoms with van der Waals surface area (Å²) in [6.45, 7) is 8.41. The average molecular weight is 639 g/mol. The minimum atomic E-state index is -4.04. The molecule has 1 aliphatic heterocycles. The molecule has 0 spiro atoms. The summed E-state index contributed by atoms with van der Waals surface area (Å²) in [6.07, 6.45) is 1.16. The van der Waals surface area contributed by atoms with Gasteiger partial charge in [-0.1, -0.05) is 29.3 Å². The Bertz CT molecular complexity index is 1640. The largest absolute Gasteiger partial charge is 0.373 e. The number of carbonyl (C=O) groups is 1. The molecule has 2 N–H and O–H groups in total. The van der Waals surface area contributed by atoms with Crippen LogP contribution in [0.5, 0.6) is 0 Å². The second-order valence-corrected chi connectivity index (χ2v) is 14.2. The highest BCUT2D eigenvalue weighted by molar-refractivity contribution is 7.92. The molecule has 218 valence electrons. The molecular weight excluding hydrogens is 609 g/mol. The highest BCUT2D eigenvalue weighted by atomic mass is 35.5. The monoisotopic (exact) mass is 637 g/mol. The first-order valence-corrected chi connectivity index (χ1v) is 16.3. The van der Waals surface area contributed by atoms with Gasteiger partial charge in [0.2, 0.25) is 0 Å². The van der Waals surface area contributed by atoms with E-state index in [-0.39, 0.29) is 38.3 Å². The van der Waals surface area contributed by atoms with Gasteiger partial charge in [0.25, 0.3) is 15.9 Å². The molecule has 13 heteroatoms. The summed E-state index contributed by atoms with van der Waals surface area (Å²) >= 11 is 12.0. The van der Waals surface area contributed by atoms with Gasteiger partial charge in [0.15, 0.2) is 9.84 Å². The van der Waals surface area contributed by atoms with Crippen molar-refractivity contribution in [3.8, 4) is 0 Å². The summed E-state index contributed by atoms with van der Waals surface area (Å²) in [5.74, 6) is -0.655. The Balaban J connectivity index is 1.53. The quantitative estimate of drug-likeness (QED) is 0.300. The van der Waals surface area contributed by atoms with Gasteiger partial charge < -0.3 is 10.1 Å². The van der Waals surface area contributed by atoms with Crippen LogP contribution in [-0.4, -0.2) is 58.3 Å². The molecule has 9 nitrogen and oxygen atoms in total. The van der Waals surface area contributed by atoms with Gasteiger partial charge in [0.05, 0.1) is 33.2 Å². The molecular formula is C28H29Cl2N3O6S2. The van der Waals surface area contributed by atoms with E-state index in [2.05, 4.69) is 16.6 Å². The first-order chi connectivity index (χ1) is 19.3. The van der Waals surface area contributed by atoms with Gasteiger partial charge in [0, 0.05) is 28.8 Å². The van der Waals surface area contributed by atoms with Crippen molar-refractivity contribution in [2.24, 2.45) is 0 Å². The maximum Gasteiger partial charge on any atom is 0.261 e. The van der Waals surface area contributed by atoms with Crippen molar-refractivity contribution in [2.45, 2.75) is 41.2 Å². The standard InChI is InChI=1S/C28H29Cl2N3O6S2/c1-4-27(33-16-18(2)39-19(3)17-33)40(35,36)23-12-8-22(9-13-23)31-28(34)25-15-21(30)7-14-26(25)32-41(37,38)24-10-5-20(29)6-11-24/h4-15,18-19,27,32H,1,16-17H2,2-3H3,(H,31,34). The number of sulfone groups is 1. The SMILES string of the molecule is C=CC(N1CC(C)OC(C)C1)S(=O)(=O)c1ccc(NC(=O)c2cc(Cl)ccc2NS(=O)(=O)c2ccc(Cl)cc2)cc1. The van der Waals surface area contributed by atoms with E-state index < -0.39 is 31.1 Å². The summed E-state index contributed by atoms with van der Waals surface area (Å²) < 4.78 is 60.8. The van der Waals surface area contributed by atoms with Crippen LogP contribution >= 0.6 is 23.2 Å². The van der Waals surface area contributed by atoms with Gasteiger partial charge in [-0.2, -0.15) is 0 Å². The van der Waals surface area contributed by atoms with Crippen LogP contribution in [0.1, 0.15) is 24.2 Å². The van der Waals surface area contributed by atoms with Crippen molar-refractivity contribution in [2.75, 3.05) is 23.1 Å². The van der Waals surface area contributed by atoms with E-state index in [1.807, 2.05) is 18.7 Å². The number of ether oxygens (including phenoxy) is 1. The van der Waals surface area contributed by atoms with Crippen molar-refractivity contribution >= 4 is 60.3 Å². The van der Waals surface area contributed by atoms with E-state index in [9.17, 15) is 21.6 Å². The Hall–Kier alpha value is -2.93. The van der Waals surface area contributed by atoms with Crippen LogP contribution in [0, 0.1) is 0 Å². The number of nitrogens with zero attached hydrogens (tertiary/aromatic N) is 1. The molecule has 0 radical (unpaired) electrons. The van der Waals surface area contributed by atoms with E-state index in [0.29, 0.717) is 23.8 Å². The lowest BCUT2D eigenvalue weighted by Crippen LogP contribution is -2.51. The summed E-state index contributed by atoms with van der Waals surface area (Å²) in [5.41, 5.74) is 0.266. The van der Waals surface area contributed by atoms with Crippen LogP contribution in [0.15, 0.2) is 89.2 Å². The predicted octanol–water partition coefficient (Wildman–Crippen LogP) is 5.44. The topological polar surface area (TPSA) is 122 Å². The first-order valence-electron chi connectivity index (χ1n) is 12.6. The van der Waals surface area contributed by atoms with Crippen molar-refractivity contribution in [3.63, 3.8) is 0 Å². The summed E-state index contributed by atoms with van der Waals surface area (Å²) in [7, 11) is -7.86. The highest BCUT2D eigenvalue weighted by Gasteiger charge is 2.35. The molecule has 0 bridgehead atoms. The Morgan fingerprint density at radius 3 is 2.07 bits per heavy atom. The zero-order valence-corrected chi connectivity index (χ0v) is 25.4. The number of carbonyl (C=O) groups excluding carboxylic acids is 1. The number of nitrogens with one attached hydrogen (secondary N) is 2. The van der Waals surface area contributed by atoms with Crippen LogP contribution in [0.2, 0.25) is 10.0 Å². The fourth-order valence-electron chi connectivity index (χ4n) is 4.57. The number of rotatable bonds is 9. The normalized spacial score (nSPS) is 18.8. The molecule has 1 saturated heterocycles. The number of anilines is 2. The van der Waals surface area contributed by atoms with Crippen LogP contribution in [-0.2, 0) is 24.6 Å². The smallest absolute Gasteiger partial charge is 0.261 e.